The molecule has 0 aromatic heterocycles. The van der Waals surface area contributed by atoms with Crippen molar-refractivity contribution in [3.63, 3.8) is 0 Å². The van der Waals surface area contributed by atoms with E-state index in [9.17, 15) is 19.2 Å². The lowest BCUT2D eigenvalue weighted by Gasteiger charge is -2.23. The molecule has 1 heterocycles. The van der Waals surface area contributed by atoms with Crippen LogP contribution in [0.15, 0.2) is 24.3 Å². The molecule has 1 saturated heterocycles. The standard InChI is InChI=1S/C19H23N3O4/c1-13-7-3-4-8-14(13)11-20(2)16(23)12-21-17(24)18(25)22(19(21)26)15-9-5-6-10-15/h3-4,7-8,15H,5-6,9-12H2,1-2H3. The van der Waals surface area contributed by atoms with Crippen LogP contribution < -0.4 is 0 Å². The Balaban J connectivity index is 1.66. The number of hydrogen-bond acceptors (Lipinski definition) is 4. The average Bonchev–Trinajstić information content (AvgIpc) is 3.20. The van der Waals surface area contributed by atoms with E-state index >= 15 is 0 Å². The van der Waals surface area contributed by atoms with Gasteiger partial charge in [-0.25, -0.2) is 9.69 Å². The van der Waals surface area contributed by atoms with E-state index in [-0.39, 0.29) is 11.9 Å². The molecule has 7 nitrogen and oxygen atoms in total. The maximum Gasteiger partial charge on any atom is 0.334 e. The summed E-state index contributed by atoms with van der Waals surface area (Å²) in [4.78, 5) is 52.7. The topological polar surface area (TPSA) is 78.0 Å². The normalized spacial score (nSPS) is 18.2. The number of amides is 5. The van der Waals surface area contributed by atoms with Crippen molar-refractivity contribution in [3.8, 4) is 0 Å². The summed E-state index contributed by atoms with van der Waals surface area (Å²) in [5.74, 6) is -2.09. The first kappa shape index (κ1) is 18.1. The van der Waals surface area contributed by atoms with Gasteiger partial charge in [-0.15, -0.1) is 0 Å². The maximum absolute atomic E-state index is 12.5. The molecule has 0 spiro atoms. The Bertz CT molecular complexity index is 755. The smallest absolute Gasteiger partial charge is 0.334 e. The van der Waals surface area contributed by atoms with Gasteiger partial charge in [0.2, 0.25) is 5.91 Å². The SMILES string of the molecule is Cc1ccccc1CN(C)C(=O)CN1C(=O)C(=O)N(C2CCCC2)C1=O. The van der Waals surface area contributed by atoms with Gasteiger partial charge in [0.05, 0.1) is 0 Å². The number of imide groups is 2. The van der Waals surface area contributed by atoms with Crippen molar-refractivity contribution in [2.45, 2.75) is 45.2 Å². The number of likely N-dealkylation sites (N-methyl/N-ethyl adjacent to an activating group) is 1. The van der Waals surface area contributed by atoms with Gasteiger partial charge in [-0.2, -0.15) is 0 Å². The van der Waals surface area contributed by atoms with Gasteiger partial charge in [-0.1, -0.05) is 37.1 Å². The molecule has 3 rings (SSSR count). The van der Waals surface area contributed by atoms with Crippen molar-refractivity contribution in [3.05, 3.63) is 35.4 Å². The quantitative estimate of drug-likeness (QED) is 0.593. The summed E-state index contributed by atoms with van der Waals surface area (Å²) in [7, 11) is 1.62. The molecule has 2 aliphatic rings. The molecule has 1 aliphatic carbocycles. The molecular formula is C19H23N3O4. The minimum Gasteiger partial charge on any atom is -0.340 e. The molecule has 1 aromatic rings. The van der Waals surface area contributed by atoms with Crippen LogP contribution in [0.25, 0.3) is 0 Å². The summed E-state index contributed by atoms with van der Waals surface area (Å²) in [5, 5.41) is 0. The Morgan fingerprint density at radius 1 is 1.12 bits per heavy atom. The highest BCUT2D eigenvalue weighted by molar-refractivity contribution is 6.45. The Labute approximate surface area is 152 Å². The third kappa shape index (κ3) is 3.34. The second kappa shape index (κ2) is 7.27. The number of nitrogens with zero attached hydrogens (tertiary/aromatic N) is 3. The molecule has 0 radical (unpaired) electrons. The minimum absolute atomic E-state index is 0.219. The van der Waals surface area contributed by atoms with Crippen LogP contribution in [0.3, 0.4) is 0 Å². The Kier molecular flexibility index (Phi) is 5.06. The molecule has 2 fully saturated rings. The fourth-order valence-electron chi connectivity index (χ4n) is 3.53. The number of carbonyl (C=O) groups is 4. The van der Waals surface area contributed by atoms with E-state index in [0.717, 1.165) is 46.6 Å². The van der Waals surface area contributed by atoms with Crippen molar-refractivity contribution < 1.29 is 19.2 Å². The summed E-state index contributed by atoms with van der Waals surface area (Å²) in [5.41, 5.74) is 2.05. The lowest BCUT2D eigenvalue weighted by molar-refractivity contribution is -0.145. The van der Waals surface area contributed by atoms with E-state index in [4.69, 9.17) is 0 Å². The maximum atomic E-state index is 12.5. The minimum atomic E-state index is -0.903. The van der Waals surface area contributed by atoms with Crippen LogP contribution >= 0.6 is 0 Å². The van der Waals surface area contributed by atoms with Crippen molar-refractivity contribution in [2.24, 2.45) is 0 Å². The predicted molar refractivity (Wildman–Crippen MR) is 93.9 cm³/mol. The van der Waals surface area contributed by atoms with E-state index in [1.807, 2.05) is 31.2 Å². The lowest BCUT2D eigenvalue weighted by atomic mass is 10.1. The van der Waals surface area contributed by atoms with E-state index in [0.29, 0.717) is 6.54 Å². The average molecular weight is 357 g/mol. The summed E-state index contributed by atoms with van der Waals surface area (Å²) in [6.45, 7) is 1.93. The summed E-state index contributed by atoms with van der Waals surface area (Å²) >= 11 is 0. The molecule has 0 unspecified atom stereocenters. The fourth-order valence-corrected chi connectivity index (χ4v) is 3.53. The van der Waals surface area contributed by atoms with Gasteiger partial charge in [0.25, 0.3) is 0 Å². The first-order valence-electron chi connectivity index (χ1n) is 8.87. The Morgan fingerprint density at radius 2 is 1.77 bits per heavy atom. The summed E-state index contributed by atoms with van der Waals surface area (Å²) in [6, 6.07) is 6.82. The van der Waals surface area contributed by atoms with Crippen molar-refractivity contribution >= 4 is 23.8 Å². The van der Waals surface area contributed by atoms with Gasteiger partial charge in [-0.3, -0.25) is 19.3 Å². The zero-order chi connectivity index (χ0) is 18.8. The molecule has 0 atom stereocenters. The first-order chi connectivity index (χ1) is 12.4. The van der Waals surface area contributed by atoms with Gasteiger partial charge in [0.15, 0.2) is 0 Å². The van der Waals surface area contributed by atoms with Crippen molar-refractivity contribution in [2.75, 3.05) is 13.6 Å². The lowest BCUT2D eigenvalue weighted by Crippen LogP contribution is -2.43. The van der Waals surface area contributed by atoms with Gasteiger partial charge in [-0.05, 0) is 30.9 Å². The monoisotopic (exact) mass is 357 g/mol. The van der Waals surface area contributed by atoms with Gasteiger partial charge >= 0.3 is 17.8 Å². The predicted octanol–water partition coefficient (Wildman–Crippen LogP) is 1.69. The molecule has 0 N–H and O–H groups in total. The number of benzene rings is 1. The molecule has 1 aromatic carbocycles. The van der Waals surface area contributed by atoms with Crippen LogP contribution in [0.5, 0.6) is 0 Å². The van der Waals surface area contributed by atoms with Crippen LogP contribution in [0, 0.1) is 6.92 Å². The molecular weight excluding hydrogens is 334 g/mol. The first-order valence-corrected chi connectivity index (χ1v) is 8.87. The largest absolute Gasteiger partial charge is 0.340 e. The Morgan fingerprint density at radius 3 is 2.42 bits per heavy atom. The molecule has 1 aliphatic heterocycles. The molecule has 1 saturated carbocycles. The summed E-state index contributed by atoms with van der Waals surface area (Å²) < 4.78 is 0. The highest BCUT2D eigenvalue weighted by Gasteiger charge is 2.48. The number of urea groups is 1. The van der Waals surface area contributed by atoms with Crippen LogP contribution in [0.4, 0.5) is 4.79 Å². The van der Waals surface area contributed by atoms with E-state index in [2.05, 4.69) is 0 Å². The number of hydrogen-bond donors (Lipinski definition) is 0. The molecule has 7 heteroatoms. The highest BCUT2D eigenvalue weighted by atomic mass is 16.2. The van der Waals surface area contributed by atoms with Crippen LogP contribution in [0.1, 0.15) is 36.8 Å². The number of aryl methyl sites for hydroxylation is 1. The van der Waals surface area contributed by atoms with Gasteiger partial charge in [0.1, 0.15) is 6.54 Å². The third-order valence-electron chi connectivity index (χ3n) is 5.16. The molecule has 0 bridgehead atoms. The molecule has 138 valence electrons. The Hall–Kier alpha value is -2.70. The highest BCUT2D eigenvalue weighted by Crippen LogP contribution is 2.27. The van der Waals surface area contributed by atoms with Gasteiger partial charge < -0.3 is 4.90 Å². The van der Waals surface area contributed by atoms with E-state index in [1.165, 1.54) is 4.90 Å². The second-order valence-electron chi connectivity index (χ2n) is 6.96. The van der Waals surface area contributed by atoms with Crippen molar-refractivity contribution in [1.29, 1.82) is 0 Å². The fraction of sp³-hybridized carbons (Fsp3) is 0.474. The third-order valence-corrected chi connectivity index (χ3v) is 5.16. The van der Waals surface area contributed by atoms with Gasteiger partial charge in [0, 0.05) is 19.6 Å². The van der Waals surface area contributed by atoms with Crippen LogP contribution in [-0.2, 0) is 20.9 Å². The zero-order valence-electron chi connectivity index (χ0n) is 15.1. The summed E-state index contributed by atoms with van der Waals surface area (Å²) in [6.07, 6.45) is 3.32. The molecule has 26 heavy (non-hydrogen) atoms. The van der Waals surface area contributed by atoms with Crippen LogP contribution in [0.2, 0.25) is 0 Å². The number of carbonyl (C=O) groups excluding carboxylic acids is 4. The van der Waals surface area contributed by atoms with Crippen LogP contribution in [-0.4, -0.2) is 58.1 Å². The van der Waals surface area contributed by atoms with Crippen molar-refractivity contribution in [1.82, 2.24) is 14.7 Å². The molecule has 5 amide bonds. The second-order valence-corrected chi connectivity index (χ2v) is 6.96. The van der Waals surface area contributed by atoms with E-state index < -0.39 is 24.4 Å². The zero-order valence-corrected chi connectivity index (χ0v) is 15.1. The van der Waals surface area contributed by atoms with E-state index in [1.54, 1.807) is 7.05 Å². The number of rotatable bonds is 5.